The third-order valence-electron chi connectivity index (χ3n) is 6.99. The number of imidazole rings is 1. The molecule has 4 rings (SSSR count). The van der Waals surface area contributed by atoms with E-state index in [1.807, 2.05) is 19.6 Å². The second kappa shape index (κ2) is 11.5. The van der Waals surface area contributed by atoms with Gasteiger partial charge in [0.2, 0.25) is 0 Å². The second-order valence-corrected chi connectivity index (χ2v) is 9.22. The van der Waals surface area contributed by atoms with Gasteiger partial charge in [0, 0.05) is 71.8 Å². The van der Waals surface area contributed by atoms with Crippen LogP contribution in [0, 0.1) is 5.92 Å². The predicted octanol–water partition coefficient (Wildman–Crippen LogP) is 2.55. The Kier molecular flexibility index (Phi) is 8.18. The highest BCUT2D eigenvalue weighted by Crippen LogP contribution is 2.27. The molecule has 0 aliphatic carbocycles. The van der Waals surface area contributed by atoms with Gasteiger partial charge < -0.3 is 19.7 Å². The lowest BCUT2D eigenvalue weighted by Crippen LogP contribution is -2.49. The topological polar surface area (TPSA) is 51.9 Å². The van der Waals surface area contributed by atoms with Crippen LogP contribution in [0.5, 0.6) is 0 Å². The first-order valence-corrected chi connectivity index (χ1v) is 12.1. The van der Waals surface area contributed by atoms with E-state index in [1.165, 1.54) is 12.0 Å². The summed E-state index contributed by atoms with van der Waals surface area (Å²) in [5.41, 5.74) is 1.42. The minimum absolute atomic E-state index is 0.456. The summed E-state index contributed by atoms with van der Waals surface area (Å²) in [6.07, 6.45) is 8.23. The Hall–Kier alpha value is -2.38. The standard InChI is InChI=1S/C25H39N7/c1-22-9-13-31(20-24(22)32-14-11-27-21-32)25(26-2)28-10-6-12-29-15-17-30(18-16-29)19-23-7-4-3-5-8-23/h3-5,7-8,11,14,21-22,24H,6,9-10,12-13,15-20H2,1-2H3,(H,26,28). The van der Waals surface area contributed by atoms with Crippen molar-refractivity contribution in [2.24, 2.45) is 10.9 Å². The van der Waals surface area contributed by atoms with Crippen LogP contribution in [0.15, 0.2) is 54.0 Å². The summed E-state index contributed by atoms with van der Waals surface area (Å²) in [5, 5.41) is 3.61. The first-order chi connectivity index (χ1) is 15.7. The Bertz CT molecular complexity index is 812. The second-order valence-electron chi connectivity index (χ2n) is 9.22. The molecule has 0 bridgehead atoms. The Morgan fingerprint density at radius 3 is 2.59 bits per heavy atom. The van der Waals surface area contributed by atoms with Gasteiger partial charge in [-0.15, -0.1) is 0 Å². The molecule has 2 aromatic rings. The molecule has 174 valence electrons. The molecule has 7 heteroatoms. The number of aliphatic imine (C=N–C) groups is 1. The number of piperazine rings is 1. The smallest absolute Gasteiger partial charge is 0.193 e. The van der Waals surface area contributed by atoms with Crippen molar-refractivity contribution in [3.05, 3.63) is 54.6 Å². The maximum absolute atomic E-state index is 4.57. The minimum Gasteiger partial charge on any atom is -0.356 e. The van der Waals surface area contributed by atoms with Crippen LogP contribution in [-0.2, 0) is 6.54 Å². The van der Waals surface area contributed by atoms with Crippen molar-refractivity contribution < 1.29 is 0 Å². The van der Waals surface area contributed by atoms with Crippen LogP contribution >= 0.6 is 0 Å². The van der Waals surface area contributed by atoms with E-state index < -0.39 is 0 Å². The number of nitrogens with zero attached hydrogens (tertiary/aromatic N) is 6. The fraction of sp³-hybridized carbons (Fsp3) is 0.600. The minimum atomic E-state index is 0.456. The predicted molar refractivity (Wildman–Crippen MR) is 131 cm³/mol. The molecule has 2 saturated heterocycles. The van der Waals surface area contributed by atoms with Crippen LogP contribution in [0.3, 0.4) is 0 Å². The number of benzene rings is 1. The van der Waals surface area contributed by atoms with Crippen molar-refractivity contribution in [2.75, 3.05) is 59.4 Å². The fourth-order valence-electron chi connectivity index (χ4n) is 4.94. The number of hydrogen-bond donors (Lipinski definition) is 1. The molecule has 1 N–H and O–H groups in total. The quantitative estimate of drug-likeness (QED) is 0.410. The largest absolute Gasteiger partial charge is 0.356 e. The van der Waals surface area contributed by atoms with E-state index in [4.69, 9.17) is 0 Å². The highest BCUT2D eigenvalue weighted by Gasteiger charge is 2.28. The van der Waals surface area contributed by atoms with Gasteiger partial charge in [-0.1, -0.05) is 37.3 Å². The van der Waals surface area contributed by atoms with Crippen molar-refractivity contribution in [2.45, 2.75) is 32.4 Å². The van der Waals surface area contributed by atoms with E-state index >= 15 is 0 Å². The van der Waals surface area contributed by atoms with E-state index in [2.05, 4.69) is 78.0 Å². The van der Waals surface area contributed by atoms with Crippen molar-refractivity contribution >= 4 is 5.96 Å². The Balaban J connectivity index is 1.15. The molecule has 0 radical (unpaired) electrons. The number of hydrogen-bond acceptors (Lipinski definition) is 4. The van der Waals surface area contributed by atoms with E-state index in [0.29, 0.717) is 12.0 Å². The zero-order chi connectivity index (χ0) is 22.2. The fourth-order valence-corrected chi connectivity index (χ4v) is 4.94. The molecule has 32 heavy (non-hydrogen) atoms. The third-order valence-corrected chi connectivity index (χ3v) is 6.99. The van der Waals surface area contributed by atoms with Crippen LogP contribution in [0.2, 0.25) is 0 Å². The SMILES string of the molecule is CN=C(NCCCN1CCN(Cc2ccccc2)CC1)N1CCC(C)C(n2ccnc2)C1. The van der Waals surface area contributed by atoms with E-state index in [9.17, 15) is 0 Å². The monoisotopic (exact) mass is 437 g/mol. The maximum atomic E-state index is 4.57. The van der Waals surface area contributed by atoms with Gasteiger partial charge in [0.25, 0.3) is 0 Å². The van der Waals surface area contributed by atoms with E-state index in [-0.39, 0.29) is 0 Å². The van der Waals surface area contributed by atoms with Gasteiger partial charge in [0.1, 0.15) is 0 Å². The summed E-state index contributed by atoms with van der Waals surface area (Å²) in [7, 11) is 1.90. The number of likely N-dealkylation sites (tertiary alicyclic amines) is 1. The molecular weight excluding hydrogens is 398 g/mol. The summed E-state index contributed by atoms with van der Waals surface area (Å²) >= 11 is 0. The van der Waals surface area contributed by atoms with Crippen LogP contribution < -0.4 is 5.32 Å². The van der Waals surface area contributed by atoms with Crippen molar-refractivity contribution in [1.29, 1.82) is 0 Å². The third kappa shape index (κ3) is 6.11. The highest BCUT2D eigenvalue weighted by atomic mass is 15.3. The molecule has 1 aromatic heterocycles. The van der Waals surface area contributed by atoms with Crippen molar-refractivity contribution in [1.82, 2.24) is 29.6 Å². The van der Waals surface area contributed by atoms with Gasteiger partial charge in [-0.25, -0.2) is 4.98 Å². The molecule has 0 saturated carbocycles. The molecule has 1 aromatic carbocycles. The highest BCUT2D eigenvalue weighted by molar-refractivity contribution is 5.80. The molecule has 2 unspecified atom stereocenters. The van der Waals surface area contributed by atoms with Crippen LogP contribution in [0.25, 0.3) is 0 Å². The molecule has 3 heterocycles. The van der Waals surface area contributed by atoms with Crippen LogP contribution in [0.1, 0.15) is 31.4 Å². The molecule has 0 amide bonds. The lowest BCUT2D eigenvalue weighted by atomic mass is 9.93. The summed E-state index contributed by atoms with van der Waals surface area (Å²) < 4.78 is 2.25. The maximum Gasteiger partial charge on any atom is 0.193 e. The molecule has 7 nitrogen and oxygen atoms in total. The number of aromatic nitrogens is 2. The average Bonchev–Trinajstić information content (AvgIpc) is 3.36. The van der Waals surface area contributed by atoms with Crippen molar-refractivity contribution in [3.63, 3.8) is 0 Å². The van der Waals surface area contributed by atoms with Gasteiger partial charge in [-0.3, -0.25) is 9.89 Å². The molecule has 2 aliphatic rings. The van der Waals surface area contributed by atoms with Gasteiger partial charge in [-0.05, 0) is 30.9 Å². The van der Waals surface area contributed by atoms with Gasteiger partial charge in [-0.2, -0.15) is 0 Å². The molecule has 0 spiro atoms. The van der Waals surface area contributed by atoms with Crippen molar-refractivity contribution in [3.8, 4) is 0 Å². The normalized spacial score (nSPS) is 23.4. The molecule has 2 fully saturated rings. The zero-order valence-corrected chi connectivity index (χ0v) is 19.7. The molecule has 2 aliphatic heterocycles. The summed E-state index contributed by atoms with van der Waals surface area (Å²) in [4.78, 5) is 16.4. The van der Waals surface area contributed by atoms with Crippen LogP contribution in [0.4, 0.5) is 0 Å². The first-order valence-electron chi connectivity index (χ1n) is 12.1. The number of guanidine groups is 1. The number of piperidine rings is 1. The Morgan fingerprint density at radius 1 is 1.09 bits per heavy atom. The first kappa shape index (κ1) is 22.8. The number of nitrogens with one attached hydrogen (secondary N) is 1. The zero-order valence-electron chi connectivity index (χ0n) is 19.7. The summed E-state index contributed by atoms with van der Waals surface area (Å²) in [6, 6.07) is 11.3. The van der Waals surface area contributed by atoms with E-state index in [0.717, 1.165) is 71.3 Å². The lowest BCUT2D eigenvalue weighted by molar-refractivity contribution is 0.126. The molecule has 2 atom stereocenters. The number of rotatable bonds is 7. The lowest BCUT2D eigenvalue weighted by Gasteiger charge is -2.39. The Morgan fingerprint density at radius 2 is 1.88 bits per heavy atom. The summed E-state index contributed by atoms with van der Waals surface area (Å²) in [5.74, 6) is 1.69. The average molecular weight is 438 g/mol. The van der Waals surface area contributed by atoms with Gasteiger partial charge in [0.15, 0.2) is 5.96 Å². The molecular formula is C25H39N7. The van der Waals surface area contributed by atoms with Crippen LogP contribution in [-0.4, -0.2) is 89.6 Å². The summed E-state index contributed by atoms with van der Waals surface area (Å²) in [6.45, 7) is 12.2. The van der Waals surface area contributed by atoms with Gasteiger partial charge >= 0.3 is 0 Å². The van der Waals surface area contributed by atoms with E-state index in [1.54, 1.807) is 0 Å². The van der Waals surface area contributed by atoms with Gasteiger partial charge in [0.05, 0.1) is 12.4 Å². The Labute approximate surface area is 193 Å².